The summed E-state index contributed by atoms with van der Waals surface area (Å²) >= 11 is 0. The molecular formula is C23H24N4O4. The first-order chi connectivity index (χ1) is 14.9. The largest absolute Gasteiger partial charge is 0.493 e. The smallest absolute Gasteiger partial charge is 0.249 e. The zero-order valence-corrected chi connectivity index (χ0v) is 17.9. The monoisotopic (exact) mass is 420 g/mol. The van der Waals surface area contributed by atoms with E-state index in [0.29, 0.717) is 23.0 Å². The van der Waals surface area contributed by atoms with Crippen molar-refractivity contribution in [2.75, 3.05) is 24.9 Å². The summed E-state index contributed by atoms with van der Waals surface area (Å²) in [5, 5.41) is 10.4. The Bertz CT molecular complexity index is 1150. The fourth-order valence-corrected chi connectivity index (χ4v) is 3.67. The van der Waals surface area contributed by atoms with Gasteiger partial charge in [0.25, 0.3) is 0 Å². The van der Waals surface area contributed by atoms with Crippen LogP contribution < -0.4 is 20.1 Å². The lowest BCUT2D eigenvalue weighted by Crippen LogP contribution is -2.35. The van der Waals surface area contributed by atoms with Crippen LogP contribution in [0.1, 0.15) is 23.6 Å². The van der Waals surface area contributed by atoms with Crippen LogP contribution in [0.5, 0.6) is 11.5 Å². The maximum atomic E-state index is 13.1. The van der Waals surface area contributed by atoms with Crippen molar-refractivity contribution in [2.24, 2.45) is 0 Å². The van der Waals surface area contributed by atoms with Crippen LogP contribution in [0.15, 0.2) is 42.5 Å². The molecule has 2 N–H and O–H groups in total. The van der Waals surface area contributed by atoms with Crippen molar-refractivity contribution in [1.82, 2.24) is 9.78 Å². The highest BCUT2D eigenvalue weighted by molar-refractivity contribution is 6.02. The third-order valence-electron chi connectivity index (χ3n) is 5.36. The van der Waals surface area contributed by atoms with Gasteiger partial charge in [-0.3, -0.25) is 9.59 Å². The zero-order chi connectivity index (χ0) is 22.1. The van der Waals surface area contributed by atoms with Gasteiger partial charge in [0, 0.05) is 22.9 Å². The Balaban J connectivity index is 1.66. The van der Waals surface area contributed by atoms with E-state index in [1.807, 2.05) is 38.1 Å². The third-order valence-corrected chi connectivity index (χ3v) is 5.36. The lowest BCUT2D eigenvalue weighted by Gasteiger charge is -2.24. The Kier molecular flexibility index (Phi) is 5.37. The van der Waals surface area contributed by atoms with Crippen LogP contribution >= 0.6 is 0 Å². The van der Waals surface area contributed by atoms with Gasteiger partial charge in [-0.15, -0.1) is 0 Å². The van der Waals surface area contributed by atoms with Gasteiger partial charge >= 0.3 is 0 Å². The van der Waals surface area contributed by atoms with Gasteiger partial charge in [-0.1, -0.05) is 29.8 Å². The number of nitrogens with zero attached hydrogens (tertiary/aromatic N) is 2. The number of nitrogens with one attached hydrogen (secondary N) is 2. The molecule has 2 aromatic carbocycles. The van der Waals surface area contributed by atoms with Gasteiger partial charge < -0.3 is 20.1 Å². The summed E-state index contributed by atoms with van der Waals surface area (Å²) in [7, 11) is 3.07. The number of aryl methyl sites for hydroxylation is 1. The van der Waals surface area contributed by atoms with E-state index in [9.17, 15) is 9.59 Å². The van der Waals surface area contributed by atoms with E-state index >= 15 is 0 Å². The lowest BCUT2D eigenvalue weighted by atomic mass is 10.1. The average Bonchev–Trinajstić information content (AvgIpc) is 3.10. The summed E-state index contributed by atoms with van der Waals surface area (Å²) < 4.78 is 12.1. The Hall–Kier alpha value is -3.81. The lowest BCUT2D eigenvalue weighted by molar-refractivity contribution is -0.125. The summed E-state index contributed by atoms with van der Waals surface area (Å²) in [5.74, 6) is 1.04. The summed E-state index contributed by atoms with van der Waals surface area (Å²) in [6.45, 7) is 3.91. The van der Waals surface area contributed by atoms with Crippen LogP contribution in [0.3, 0.4) is 0 Å². The van der Waals surface area contributed by atoms with Crippen molar-refractivity contribution >= 4 is 23.3 Å². The molecule has 3 aromatic rings. The topological polar surface area (TPSA) is 94.5 Å². The molecule has 0 saturated carbocycles. The van der Waals surface area contributed by atoms with Gasteiger partial charge in [0.05, 0.1) is 26.3 Å². The molecule has 0 unspecified atom stereocenters. The molecule has 2 amide bonds. The summed E-state index contributed by atoms with van der Waals surface area (Å²) in [5.41, 5.74) is 4.17. The minimum absolute atomic E-state index is 0.000576. The quantitative estimate of drug-likeness (QED) is 0.656. The number of ether oxygens (including phenoxy) is 2. The maximum absolute atomic E-state index is 13.1. The number of methoxy groups -OCH3 is 2. The van der Waals surface area contributed by atoms with E-state index in [0.717, 1.165) is 22.4 Å². The summed E-state index contributed by atoms with van der Waals surface area (Å²) in [4.78, 5) is 25.5. The molecule has 1 aliphatic rings. The molecule has 0 saturated heterocycles. The van der Waals surface area contributed by atoms with E-state index in [4.69, 9.17) is 9.47 Å². The Morgan fingerprint density at radius 2 is 1.81 bits per heavy atom. The van der Waals surface area contributed by atoms with Crippen molar-refractivity contribution in [1.29, 1.82) is 0 Å². The molecule has 0 spiro atoms. The van der Waals surface area contributed by atoms with Crippen molar-refractivity contribution in [2.45, 2.75) is 26.3 Å². The minimum Gasteiger partial charge on any atom is -0.493 e. The number of amides is 2. The number of rotatable bonds is 5. The van der Waals surface area contributed by atoms with Crippen LogP contribution in [-0.2, 0) is 9.59 Å². The molecule has 1 atom stereocenters. The summed E-state index contributed by atoms with van der Waals surface area (Å²) in [6, 6.07) is 12.3. The van der Waals surface area contributed by atoms with Gasteiger partial charge in [0.15, 0.2) is 11.5 Å². The molecule has 8 heteroatoms. The predicted molar refractivity (Wildman–Crippen MR) is 118 cm³/mol. The van der Waals surface area contributed by atoms with E-state index in [1.54, 1.807) is 30.0 Å². The Morgan fingerprint density at radius 3 is 2.48 bits per heavy atom. The van der Waals surface area contributed by atoms with Crippen LogP contribution in [0.2, 0.25) is 0 Å². The average molecular weight is 420 g/mol. The van der Waals surface area contributed by atoms with E-state index in [2.05, 4.69) is 15.7 Å². The molecule has 160 valence electrons. The molecular weight excluding hydrogens is 396 g/mol. The number of anilines is 2. The first-order valence-electron chi connectivity index (χ1n) is 9.90. The highest BCUT2D eigenvalue weighted by Crippen LogP contribution is 2.35. The SMILES string of the molecule is COc1ccc(NC(=O)[C@H]2CC(=O)Nc3c(C)c(-c4ccc(C)cc4)nn32)cc1OC. The highest BCUT2D eigenvalue weighted by Gasteiger charge is 2.34. The number of hydrogen-bond donors (Lipinski definition) is 2. The second-order valence-electron chi connectivity index (χ2n) is 7.46. The van der Waals surface area contributed by atoms with Gasteiger partial charge in [0.2, 0.25) is 11.8 Å². The van der Waals surface area contributed by atoms with Gasteiger partial charge in [-0.25, -0.2) is 4.68 Å². The number of aromatic nitrogens is 2. The molecule has 0 fully saturated rings. The zero-order valence-electron chi connectivity index (χ0n) is 17.9. The predicted octanol–water partition coefficient (Wildman–Crippen LogP) is 3.71. The number of benzene rings is 2. The number of fused-ring (bicyclic) bond motifs is 1. The molecule has 0 bridgehead atoms. The fourth-order valence-electron chi connectivity index (χ4n) is 3.67. The summed E-state index contributed by atoms with van der Waals surface area (Å²) in [6.07, 6.45) is 0.000576. The second-order valence-corrected chi connectivity index (χ2v) is 7.46. The molecule has 1 aromatic heterocycles. The third kappa shape index (κ3) is 3.84. The standard InChI is InChI=1S/C23H24N4O4/c1-13-5-7-15(8-6-13)21-14(2)22-25-20(28)12-17(27(22)26-21)23(29)24-16-9-10-18(30-3)19(11-16)31-4/h5-11,17H,12H2,1-4H3,(H,24,29)(H,25,28)/t17-/m1/s1. The van der Waals surface area contributed by atoms with Crippen LogP contribution in [0.4, 0.5) is 11.5 Å². The maximum Gasteiger partial charge on any atom is 0.249 e. The first kappa shape index (κ1) is 20.5. The Morgan fingerprint density at radius 1 is 1.10 bits per heavy atom. The Labute approximate surface area is 180 Å². The van der Waals surface area contributed by atoms with Crippen molar-refractivity contribution < 1.29 is 19.1 Å². The molecule has 2 heterocycles. The molecule has 4 rings (SSSR count). The van der Waals surface area contributed by atoms with E-state index in [1.165, 1.54) is 7.11 Å². The normalized spacial score (nSPS) is 15.1. The molecule has 1 aliphatic heterocycles. The highest BCUT2D eigenvalue weighted by atomic mass is 16.5. The molecule has 31 heavy (non-hydrogen) atoms. The molecule has 0 radical (unpaired) electrons. The van der Waals surface area contributed by atoms with Crippen molar-refractivity contribution in [3.63, 3.8) is 0 Å². The number of carbonyl (C=O) groups excluding carboxylic acids is 2. The molecule has 0 aliphatic carbocycles. The van der Waals surface area contributed by atoms with Gasteiger partial charge in [0.1, 0.15) is 11.9 Å². The van der Waals surface area contributed by atoms with Crippen molar-refractivity contribution in [3.8, 4) is 22.8 Å². The fraction of sp³-hybridized carbons (Fsp3) is 0.261. The minimum atomic E-state index is -0.769. The first-order valence-corrected chi connectivity index (χ1v) is 9.90. The number of carbonyl (C=O) groups is 2. The van der Waals surface area contributed by atoms with Crippen LogP contribution in [-0.4, -0.2) is 35.8 Å². The van der Waals surface area contributed by atoms with Crippen LogP contribution in [0, 0.1) is 13.8 Å². The molecule has 8 nitrogen and oxygen atoms in total. The van der Waals surface area contributed by atoms with E-state index in [-0.39, 0.29) is 18.2 Å². The van der Waals surface area contributed by atoms with Crippen LogP contribution in [0.25, 0.3) is 11.3 Å². The van der Waals surface area contributed by atoms with Gasteiger partial charge in [-0.2, -0.15) is 5.10 Å². The van der Waals surface area contributed by atoms with Crippen molar-refractivity contribution in [3.05, 3.63) is 53.6 Å². The van der Waals surface area contributed by atoms with Gasteiger partial charge in [-0.05, 0) is 26.0 Å². The second kappa shape index (κ2) is 8.14. The number of hydrogen-bond acceptors (Lipinski definition) is 5. The van der Waals surface area contributed by atoms with E-state index < -0.39 is 6.04 Å².